The first-order valence-corrected chi connectivity index (χ1v) is 9.64. The van der Waals surface area contributed by atoms with Crippen molar-refractivity contribution >= 4 is 17.7 Å². The molecule has 1 heterocycles. The summed E-state index contributed by atoms with van der Waals surface area (Å²) in [5.41, 5.74) is 0.0630. The SMILES string of the molecule is COCC1(O)CCN(C(=O)CCSCc2ccccc2)CC1(C)C. The Hall–Kier alpha value is -1.04. The molecule has 1 unspecified atom stereocenters. The van der Waals surface area contributed by atoms with Crippen molar-refractivity contribution in [2.45, 2.75) is 38.0 Å². The number of carbonyl (C=O) groups excluding carboxylic acids is 1. The fourth-order valence-corrected chi connectivity index (χ4v) is 4.05. The van der Waals surface area contributed by atoms with E-state index in [0.717, 1.165) is 11.5 Å². The average molecular weight is 352 g/mol. The van der Waals surface area contributed by atoms with Gasteiger partial charge in [0, 0.05) is 43.5 Å². The maximum Gasteiger partial charge on any atom is 0.223 e. The number of ether oxygens (including phenoxy) is 1. The Kier molecular flexibility index (Phi) is 6.72. The molecule has 1 amide bonds. The number of methoxy groups -OCH3 is 1. The fourth-order valence-electron chi connectivity index (χ4n) is 3.16. The van der Waals surface area contributed by atoms with Crippen molar-refractivity contribution in [2.75, 3.05) is 32.6 Å². The number of thioether (sulfide) groups is 1. The van der Waals surface area contributed by atoms with Gasteiger partial charge in [-0.2, -0.15) is 11.8 Å². The summed E-state index contributed by atoms with van der Waals surface area (Å²) in [6.45, 7) is 5.51. The van der Waals surface area contributed by atoms with Gasteiger partial charge in [0.1, 0.15) is 0 Å². The quantitative estimate of drug-likeness (QED) is 0.768. The molecule has 2 rings (SSSR count). The number of hydrogen-bond acceptors (Lipinski definition) is 4. The van der Waals surface area contributed by atoms with Crippen LogP contribution in [-0.4, -0.2) is 54.1 Å². The monoisotopic (exact) mass is 351 g/mol. The Bertz CT molecular complexity index is 535. The minimum absolute atomic E-state index is 0.183. The van der Waals surface area contributed by atoms with Crippen LogP contribution in [0.2, 0.25) is 0 Å². The summed E-state index contributed by atoms with van der Waals surface area (Å²) in [6, 6.07) is 10.3. The van der Waals surface area contributed by atoms with Gasteiger partial charge >= 0.3 is 0 Å². The normalized spacial score (nSPS) is 23.2. The van der Waals surface area contributed by atoms with Crippen molar-refractivity contribution in [3.8, 4) is 0 Å². The first kappa shape index (κ1) is 19.3. The average Bonchev–Trinajstić information content (AvgIpc) is 2.55. The fraction of sp³-hybridized carbons (Fsp3) is 0.632. The number of amides is 1. The lowest BCUT2D eigenvalue weighted by Gasteiger charge is -2.50. The van der Waals surface area contributed by atoms with Gasteiger partial charge in [-0.25, -0.2) is 0 Å². The lowest BCUT2D eigenvalue weighted by Crippen LogP contribution is -2.60. The minimum atomic E-state index is -0.861. The molecule has 134 valence electrons. The molecule has 24 heavy (non-hydrogen) atoms. The summed E-state index contributed by atoms with van der Waals surface area (Å²) in [5, 5.41) is 10.8. The highest BCUT2D eigenvalue weighted by atomic mass is 32.2. The van der Waals surface area contributed by atoms with Crippen LogP contribution in [0, 0.1) is 5.41 Å². The van der Waals surface area contributed by atoms with Crippen LogP contribution in [0.1, 0.15) is 32.3 Å². The van der Waals surface area contributed by atoms with Crippen LogP contribution in [0.4, 0.5) is 0 Å². The number of carbonyl (C=O) groups is 1. The van der Waals surface area contributed by atoms with Crippen molar-refractivity contribution in [1.29, 1.82) is 0 Å². The number of hydrogen-bond donors (Lipinski definition) is 1. The standard InChI is InChI=1S/C19H29NO3S/c1-18(2)14-20(11-10-19(18,22)15-23-3)17(21)9-12-24-13-16-7-5-4-6-8-16/h4-8,22H,9-15H2,1-3H3. The number of nitrogens with zero attached hydrogens (tertiary/aromatic N) is 1. The highest BCUT2D eigenvalue weighted by Gasteiger charge is 2.48. The molecule has 0 aromatic heterocycles. The largest absolute Gasteiger partial charge is 0.387 e. The second kappa shape index (κ2) is 8.37. The van der Waals surface area contributed by atoms with Crippen LogP contribution in [-0.2, 0) is 15.3 Å². The zero-order valence-electron chi connectivity index (χ0n) is 15.0. The van der Waals surface area contributed by atoms with Gasteiger partial charge in [-0.1, -0.05) is 44.2 Å². The molecule has 0 saturated carbocycles. The lowest BCUT2D eigenvalue weighted by atomic mass is 9.70. The van der Waals surface area contributed by atoms with E-state index in [1.807, 2.05) is 36.9 Å². The zero-order valence-corrected chi connectivity index (χ0v) is 15.8. The third-order valence-electron chi connectivity index (χ3n) is 4.95. The molecule has 1 fully saturated rings. The lowest BCUT2D eigenvalue weighted by molar-refractivity contribution is -0.163. The molecule has 0 spiro atoms. The summed E-state index contributed by atoms with van der Waals surface area (Å²) in [7, 11) is 1.61. The summed E-state index contributed by atoms with van der Waals surface area (Å²) in [6.07, 6.45) is 1.12. The van der Waals surface area contributed by atoms with Crippen LogP contribution in [0.3, 0.4) is 0 Å². The van der Waals surface area contributed by atoms with E-state index < -0.39 is 5.60 Å². The number of likely N-dealkylation sites (tertiary alicyclic amines) is 1. The molecular weight excluding hydrogens is 322 g/mol. The molecule has 1 aromatic carbocycles. The van der Waals surface area contributed by atoms with Gasteiger partial charge in [-0.3, -0.25) is 4.79 Å². The van der Waals surface area contributed by atoms with E-state index in [9.17, 15) is 9.90 Å². The van der Waals surface area contributed by atoms with Crippen molar-refractivity contribution in [3.05, 3.63) is 35.9 Å². The van der Waals surface area contributed by atoms with Crippen molar-refractivity contribution in [3.63, 3.8) is 0 Å². The van der Waals surface area contributed by atoms with E-state index in [0.29, 0.717) is 32.5 Å². The molecule has 1 N–H and O–H groups in total. The van der Waals surface area contributed by atoms with Crippen LogP contribution >= 0.6 is 11.8 Å². The smallest absolute Gasteiger partial charge is 0.223 e. The zero-order chi connectivity index (χ0) is 17.6. The minimum Gasteiger partial charge on any atom is -0.387 e. The van der Waals surface area contributed by atoms with E-state index in [-0.39, 0.29) is 11.3 Å². The first-order valence-electron chi connectivity index (χ1n) is 8.49. The topological polar surface area (TPSA) is 49.8 Å². The van der Waals surface area contributed by atoms with Gasteiger partial charge in [-0.05, 0) is 12.0 Å². The molecule has 0 aliphatic carbocycles. The van der Waals surface area contributed by atoms with E-state index in [1.165, 1.54) is 5.56 Å². The van der Waals surface area contributed by atoms with Gasteiger partial charge in [0.25, 0.3) is 0 Å². The van der Waals surface area contributed by atoms with E-state index in [2.05, 4.69) is 12.1 Å². The van der Waals surface area contributed by atoms with Crippen LogP contribution in [0.25, 0.3) is 0 Å². The molecular formula is C19H29NO3S. The van der Waals surface area contributed by atoms with Crippen LogP contribution in [0.5, 0.6) is 0 Å². The number of piperidine rings is 1. The van der Waals surface area contributed by atoms with Crippen LogP contribution in [0.15, 0.2) is 30.3 Å². The summed E-state index contributed by atoms with van der Waals surface area (Å²) < 4.78 is 5.18. The number of rotatable bonds is 7. The third-order valence-corrected chi connectivity index (χ3v) is 5.98. The summed E-state index contributed by atoms with van der Waals surface area (Å²) in [5.74, 6) is 1.95. The molecule has 1 aromatic rings. The van der Waals surface area contributed by atoms with Gasteiger partial charge < -0.3 is 14.7 Å². The van der Waals surface area contributed by atoms with Gasteiger partial charge in [0.05, 0.1) is 12.2 Å². The highest BCUT2D eigenvalue weighted by Crippen LogP contribution is 2.39. The molecule has 1 aliphatic heterocycles. The molecule has 0 bridgehead atoms. The second-order valence-corrected chi connectivity index (χ2v) is 8.31. The predicted molar refractivity (Wildman–Crippen MR) is 99.0 cm³/mol. The maximum absolute atomic E-state index is 12.5. The molecule has 1 aliphatic rings. The number of aliphatic hydroxyl groups is 1. The Labute approximate surface area is 149 Å². The third kappa shape index (κ3) is 4.74. The Morgan fingerprint density at radius 3 is 2.67 bits per heavy atom. The van der Waals surface area contributed by atoms with Gasteiger partial charge in [-0.15, -0.1) is 0 Å². The highest BCUT2D eigenvalue weighted by molar-refractivity contribution is 7.98. The molecule has 5 heteroatoms. The van der Waals surface area contributed by atoms with Crippen molar-refractivity contribution < 1.29 is 14.6 Å². The Morgan fingerprint density at radius 1 is 1.33 bits per heavy atom. The molecule has 0 radical (unpaired) electrons. The van der Waals surface area contributed by atoms with E-state index >= 15 is 0 Å². The Morgan fingerprint density at radius 2 is 2.04 bits per heavy atom. The van der Waals surface area contributed by atoms with Gasteiger partial charge in [0.15, 0.2) is 0 Å². The molecule has 1 saturated heterocycles. The molecule has 4 nitrogen and oxygen atoms in total. The van der Waals surface area contributed by atoms with Crippen molar-refractivity contribution in [2.24, 2.45) is 5.41 Å². The summed E-state index contributed by atoms with van der Waals surface area (Å²) in [4.78, 5) is 14.4. The number of benzene rings is 1. The molecule has 1 atom stereocenters. The first-order chi connectivity index (χ1) is 11.4. The van der Waals surface area contributed by atoms with E-state index in [1.54, 1.807) is 18.9 Å². The maximum atomic E-state index is 12.5. The van der Waals surface area contributed by atoms with Crippen molar-refractivity contribution in [1.82, 2.24) is 4.90 Å². The van der Waals surface area contributed by atoms with Crippen LogP contribution < -0.4 is 0 Å². The van der Waals surface area contributed by atoms with E-state index in [4.69, 9.17) is 4.74 Å². The predicted octanol–water partition coefficient (Wildman–Crippen LogP) is 2.95. The van der Waals surface area contributed by atoms with Gasteiger partial charge in [0.2, 0.25) is 5.91 Å². The second-order valence-electron chi connectivity index (χ2n) is 7.20. The summed E-state index contributed by atoms with van der Waals surface area (Å²) >= 11 is 1.79. The Balaban J connectivity index is 1.77.